The quantitative estimate of drug-likeness (QED) is 0.155. The first-order valence-corrected chi connectivity index (χ1v) is 15.7. The van der Waals surface area contributed by atoms with E-state index in [9.17, 15) is 0 Å². The SMILES string of the molecule is Br.COc1ccc(CCN=c2scc(C3(c4ccccc4)CCCCC3)n2CCc2ccc(OC)c(OC)c2)cc1OC. The molecule has 1 fully saturated rings. The van der Waals surface area contributed by atoms with Crippen molar-refractivity contribution in [1.82, 2.24) is 4.57 Å². The molecule has 4 aromatic rings. The number of hydrogen-bond acceptors (Lipinski definition) is 6. The highest BCUT2D eigenvalue weighted by atomic mass is 79.9. The van der Waals surface area contributed by atoms with Crippen LogP contribution in [0.15, 0.2) is 77.1 Å². The molecule has 1 aromatic heterocycles. The van der Waals surface area contributed by atoms with Crippen molar-refractivity contribution in [3.8, 4) is 23.0 Å². The van der Waals surface area contributed by atoms with Gasteiger partial charge in [0.15, 0.2) is 27.8 Å². The normalized spacial score (nSPS) is 14.6. The molecule has 5 rings (SSSR count). The second-order valence-electron chi connectivity index (χ2n) is 10.8. The first-order chi connectivity index (χ1) is 20.6. The van der Waals surface area contributed by atoms with Crippen molar-refractivity contribution in [3.63, 3.8) is 0 Å². The highest BCUT2D eigenvalue weighted by Crippen LogP contribution is 2.45. The number of methoxy groups -OCH3 is 4. The molecule has 1 heterocycles. The summed E-state index contributed by atoms with van der Waals surface area (Å²) >= 11 is 1.77. The molecule has 0 bridgehead atoms. The minimum atomic E-state index is 0. The number of aryl methyl sites for hydroxylation is 1. The lowest BCUT2D eigenvalue weighted by Crippen LogP contribution is -2.35. The zero-order chi connectivity index (χ0) is 29.4. The number of halogens is 1. The Labute approximate surface area is 270 Å². The lowest BCUT2D eigenvalue weighted by molar-refractivity contribution is 0.326. The van der Waals surface area contributed by atoms with Gasteiger partial charge in [-0.3, -0.25) is 4.99 Å². The lowest BCUT2D eigenvalue weighted by atomic mass is 9.67. The Morgan fingerprint density at radius 1 is 0.721 bits per heavy atom. The van der Waals surface area contributed by atoms with Crippen molar-refractivity contribution in [2.75, 3.05) is 35.0 Å². The molecule has 0 aliphatic heterocycles. The topological polar surface area (TPSA) is 54.2 Å². The van der Waals surface area contributed by atoms with Gasteiger partial charge in [-0.15, -0.1) is 28.3 Å². The van der Waals surface area contributed by atoms with E-state index in [0.717, 1.165) is 60.0 Å². The second kappa shape index (κ2) is 15.5. The minimum Gasteiger partial charge on any atom is -0.493 e. The molecule has 0 unspecified atom stereocenters. The molecule has 8 heteroatoms. The van der Waals surface area contributed by atoms with Crippen LogP contribution in [0, 0.1) is 0 Å². The lowest BCUT2D eigenvalue weighted by Gasteiger charge is -2.38. The predicted octanol–water partition coefficient (Wildman–Crippen LogP) is 7.80. The summed E-state index contributed by atoms with van der Waals surface area (Å²) in [5.74, 6) is 3.01. The van der Waals surface area contributed by atoms with Crippen LogP contribution in [0.1, 0.15) is 54.5 Å². The Morgan fingerprint density at radius 2 is 1.30 bits per heavy atom. The molecular weight excluding hydrogens is 624 g/mol. The number of benzene rings is 3. The third kappa shape index (κ3) is 7.29. The van der Waals surface area contributed by atoms with Crippen molar-refractivity contribution in [2.24, 2.45) is 4.99 Å². The second-order valence-corrected chi connectivity index (χ2v) is 11.7. The monoisotopic (exact) mass is 666 g/mol. The molecule has 43 heavy (non-hydrogen) atoms. The van der Waals surface area contributed by atoms with E-state index in [1.165, 1.54) is 41.6 Å². The van der Waals surface area contributed by atoms with Crippen LogP contribution >= 0.6 is 28.3 Å². The zero-order valence-electron chi connectivity index (χ0n) is 25.6. The molecule has 0 atom stereocenters. The van der Waals surface area contributed by atoms with Crippen molar-refractivity contribution < 1.29 is 18.9 Å². The maximum absolute atomic E-state index is 5.59. The standard InChI is InChI=1S/C35H42N2O4S.BrH/c1-38-29-15-13-26(23-31(29)40-3)17-21-36-34-37(22-18-27-14-16-30(39-2)32(24-27)41-4)33(25-42-34)35(19-9-6-10-20-35)28-11-7-5-8-12-28;/h5,7-8,11-16,23-25H,6,9-10,17-22H2,1-4H3;1H. The van der Waals surface area contributed by atoms with E-state index < -0.39 is 0 Å². The van der Waals surface area contributed by atoms with E-state index in [1.54, 1.807) is 39.8 Å². The van der Waals surface area contributed by atoms with Gasteiger partial charge >= 0.3 is 0 Å². The van der Waals surface area contributed by atoms with Gasteiger partial charge in [0.25, 0.3) is 0 Å². The fraction of sp³-hybridized carbons (Fsp3) is 0.400. The first kappa shape index (κ1) is 32.7. The van der Waals surface area contributed by atoms with Gasteiger partial charge in [0.05, 0.1) is 28.4 Å². The number of nitrogens with zero attached hydrogens (tertiary/aromatic N) is 2. The number of aromatic nitrogens is 1. The molecule has 0 N–H and O–H groups in total. The third-order valence-corrected chi connectivity index (χ3v) is 9.39. The van der Waals surface area contributed by atoms with E-state index in [1.807, 2.05) is 18.2 Å². The van der Waals surface area contributed by atoms with Crippen molar-refractivity contribution in [2.45, 2.75) is 56.9 Å². The van der Waals surface area contributed by atoms with Crippen LogP contribution in [0.3, 0.4) is 0 Å². The molecule has 1 saturated carbocycles. The molecule has 230 valence electrons. The molecule has 6 nitrogen and oxygen atoms in total. The molecule has 0 spiro atoms. The van der Waals surface area contributed by atoms with Crippen molar-refractivity contribution in [3.05, 3.63) is 99.3 Å². The maximum Gasteiger partial charge on any atom is 0.184 e. The average Bonchev–Trinajstić information content (AvgIpc) is 3.47. The Kier molecular flexibility index (Phi) is 11.8. The Hall–Kier alpha value is -3.23. The van der Waals surface area contributed by atoms with Crippen LogP contribution < -0.4 is 23.7 Å². The summed E-state index contributed by atoms with van der Waals surface area (Å²) in [5, 5.41) is 2.38. The van der Waals surface area contributed by atoms with Gasteiger partial charge in [-0.25, -0.2) is 0 Å². The van der Waals surface area contributed by atoms with Gasteiger partial charge in [0.1, 0.15) is 0 Å². The molecule has 1 aliphatic carbocycles. The van der Waals surface area contributed by atoms with Crippen LogP contribution in [0.4, 0.5) is 0 Å². The summed E-state index contributed by atoms with van der Waals surface area (Å²) in [6, 6.07) is 23.4. The summed E-state index contributed by atoms with van der Waals surface area (Å²) in [4.78, 5) is 6.25. The number of rotatable bonds is 12. The molecule has 1 aliphatic rings. The highest BCUT2D eigenvalue weighted by Gasteiger charge is 2.38. The van der Waals surface area contributed by atoms with Crippen LogP contribution in [0.25, 0.3) is 0 Å². The van der Waals surface area contributed by atoms with Gasteiger partial charge in [0, 0.05) is 29.6 Å². The Balaban J connectivity index is 0.00000423. The van der Waals surface area contributed by atoms with E-state index in [4.69, 9.17) is 23.9 Å². The van der Waals surface area contributed by atoms with Gasteiger partial charge in [-0.05, 0) is 66.6 Å². The van der Waals surface area contributed by atoms with Crippen LogP contribution in [-0.2, 0) is 24.8 Å². The zero-order valence-corrected chi connectivity index (χ0v) is 28.2. The molecular formula is C35H43BrN2O4S. The summed E-state index contributed by atoms with van der Waals surface area (Å²) in [7, 11) is 6.70. The van der Waals surface area contributed by atoms with Crippen molar-refractivity contribution in [1.29, 1.82) is 0 Å². The van der Waals surface area contributed by atoms with Crippen molar-refractivity contribution >= 4 is 28.3 Å². The van der Waals surface area contributed by atoms with Crippen LogP contribution in [0.2, 0.25) is 0 Å². The maximum atomic E-state index is 5.59. The van der Waals surface area contributed by atoms with Gasteiger partial charge in [0.2, 0.25) is 0 Å². The van der Waals surface area contributed by atoms with E-state index in [2.05, 4.69) is 58.5 Å². The largest absolute Gasteiger partial charge is 0.493 e. The third-order valence-electron chi connectivity index (χ3n) is 8.49. The summed E-state index contributed by atoms with van der Waals surface area (Å²) < 4.78 is 24.5. The molecule has 0 saturated heterocycles. The smallest absolute Gasteiger partial charge is 0.184 e. The molecule has 3 aromatic carbocycles. The highest BCUT2D eigenvalue weighted by molar-refractivity contribution is 8.93. The fourth-order valence-corrected chi connectivity index (χ4v) is 7.30. The molecule has 0 radical (unpaired) electrons. The number of thiazole rings is 1. The summed E-state index contributed by atoms with van der Waals surface area (Å²) in [6.07, 6.45) is 7.81. The number of hydrogen-bond donors (Lipinski definition) is 0. The van der Waals surface area contributed by atoms with E-state index in [-0.39, 0.29) is 22.4 Å². The Bertz CT molecular complexity index is 1530. The van der Waals surface area contributed by atoms with Gasteiger partial charge in [-0.1, -0.05) is 61.7 Å². The van der Waals surface area contributed by atoms with Gasteiger partial charge < -0.3 is 23.5 Å². The minimum absolute atomic E-state index is 0. The van der Waals surface area contributed by atoms with Gasteiger partial charge in [-0.2, -0.15) is 0 Å². The molecule has 0 amide bonds. The number of ether oxygens (including phenoxy) is 4. The summed E-state index contributed by atoms with van der Waals surface area (Å²) in [6.45, 7) is 1.54. The average molecular weight is 668 g/mol. The van der Waals surface area contributed by atoms with Crippen LogP contribution in [-0.4, -0.2) is 39.6 Å². The summed E-state index contributed by atoms with van der Waals surface area (Å²) in [5.41, 5.74) is 5.21. The Morgan fingerprint density at radius 3 is 1.88 bits per heavy atom. The first-order valence-electron chi connectivity index (χ1n) is 14.8. The fourth-order valence-electron chi connectivity index (χ4n) is 6.25. The van der Waals surface area contributed by atoms with E-state index >= 15 is 0 Å². The van der Waals surface area contributed by atoms with E-state index in [0.29, 0.717) is 6.54 Å². The van der Waals surface area contributed by atoms with Crippen LogP contribution in [0.5, 0.6) is 23.0 Å². The predicted molar refractivity (Wildman–Crippen MR) is 180 cm³/mol.